The fourth-order valence-corrected chi connectivity index (χ4v) is 2.86. The van der Waals surface area contributed by atoms with Gasteiger partial charge in [0.2, 0.25) is 0 Å². The highest BCUT2D eigenvalue weighted by atomic mass is 16.6. The van der Waals surface area contributed by atoms with E-state index in [2.05, 4.69) is 10.5 Å². The monoisotopic (exact) mass is 389 g/mol. The number of carbonyl (C=O) groups is 1. The molecule has 0 saturated heterocycles. The van der Waals surface area contributed by atoms with Gasteiger partial charge in [-0.1, -0.05) is 24.3 Å². The summed E-state index contributed by atoms with van der Waals surface area (Å²) < 4.78 is 11.1. The lowest BCUT2D eigenvalue weighted by Gasteiger charge is -2.02. The van der Waals surface area contributed by atoms with Crippen LogP contribution < -0.4 is 5.43 Å². The van der Waals surface area contributed by atoms with Gasteiger partial charge in [0.15, 0.2) is 5.76 Å². The summed E-state index contributed by atoms with van der Waals surface area (Å²) in [5, 5.41) is 15.7. The van der Waals surface area contributed by atoms with Crippen molar-refractivity contribution in [3.8, 4) is 11.3 Å². The van der Waals surface area contributed by atoms with Crippen molar-refractivity contribution < 1.29 is 18.6 Å². The Balaban J connectivity index is 1.48. The van der Waals surface area contributed by atoms with Crippen molar-refractivity contribution in [2.24, 2.45) is 5.10 Å². The van der Waals surface area contributed by atoms with Crippen LogP contribution >= 0.6 is 0 Å². The van der Waals surface area contributed by atoms with Gasteiger partial charge in [-0.25, -0.2) is 5.43 Å². The van der Waals surface area contributed by atoms with Crippen LogP contribution in [0, 0.1) is 17.0 Å². The summed E-state index contributed by atoms with van der Waals surface area (Å²) >= 11 is 0. The standard InChI is InChI=1S/C21H15N3O5/c1-13-6-7-15(24(26)27)11-17(13)19-9-8-16(28-19)12-22-23-21(25)20-10-14-4-2-3-5-18(14)29-20/h2-12H,1H3,(H,23,25)/b22-12+. The molecule has 0 atom stereocenters. The van der Waals surface area contributed by atoms with Crippen LogP contribution in [0.1, 0.15) is 21.9 Å². The molecule has 144 valence electrons. The van der Waals surface area contributed by atoms with Crippen molar-refractivity contribution >= 4 is 28.8 Å². The van der Waals surface area contributed by atoms with Crippen molar-refractivity contribution in [1.29, 1.82) is 0 Å². The van der Waals surface area contributed by atoms with Gasteiger partial charge in [-0.3, -0.25) is 14.9 Å². The van der Waals surface area contributed by atoms with E-state index < -0.39 is 10.8 Å². The highest BCUT2D eigenvalue weighted by Gasteiger charge is 2.13. The zero-order valence-corrected chi connectivity index (χ0v) is 15.3. The minimum atomic E-state index is -0.487. The molecule has 1 amide bonds. The van der Waals surface area contributed by atoms with Crippen molar-refractivity contribution in [1.82, 2.24) is 5.43 Å². The van der Waals surface area contributed by atoms with Gasteiger partial charge in [-0.05, 0) is 36.8 Å². The molecule has 29 heavy (non-hydrogen) atoms. The first-order valence-corrected chi connectivity index (χ1v) is 8.68. The number of non-ortho nitro benzene ring substituents is 1. The molecule has 0 bridgehead atoms. The zero-order chi connectivity index (χ0) is 20.4. The van der Waals surface area contributed by atoms with Crippen molar-refractivity contribution in [3.05, 3.63) is 87.9 Å². The third-order valence-electron chi connectivity index (χ3n) is 4.33. The number of nitro benzene ring substituents is 1. The molecule has 0 fully saturated rings. The van der Waals surface area contributed by atoms with Crippen molar-refractivity contribution in [2.45, 2.75) is 6.92 Å². The molecule has 0 aliphatic rings. The molecule has 0 radical (unpaired) electrons. The Morgan fingerprint density at radius 2 is 1.93 bits per heavy atom. The van der Waals surface area contributed by atoms with E-state index in [0.717, 1.165) is 10.9 Å². The number of nitro groups is 1. The Hall–Kier alpha value is -4.20. The quantitative estimate of drug-likeness (QED) is 0.303. The molecule has 2 aromatic carbocycles. The molecule has 0 aliphatic heterocycles. The molecule has 2 heterocycles. The predicted octanol–water partition coefficient (Wildman–Crippen LogP) is 4.67. The summed E-state index contributed by atoms with van der Waals surface area (Å²) in [7, 11) is 0. The minimum Gasteiger partial charge on any atom is -0.455 e. The number of hydrogen-bond acceptors (Lipinski definition) is 6. The van der Waals surface area contributed by atoms with Gasteiger partial charge in [-0.2, -0.15) is 5.10 Å². The lowest BCUT2D eigenvalue weighted by molar-refractivity contribution is -0.384. The number of amides is 1. The van der Waals surface area contributed by atoms with Crippen LogP contribution in [-0.2, 0) is 0 Å². The SMILES string of the molecule is Cc1ccc([N+](=O)[O-])cc1-c1ccc(/C=N/NC(=O)c2cc3ccccc3o2)o1. The van der Waals surface area contributed by atoms with Crippen LogP contribution in [0.25, 0.3) is 22.3 Å². The highest BCUT2D eigenvalue weighted by molar-refractivity contribution is 5.96. The van der Waals surface area contributed by atoms with E-state index in [0.29, 0.717) is 22.7 Å². The summed E-state index contributed by atoms with van der Waals surface area (Å²) in [6.07, 6.45) is 1.34. The van der Waals surface area contributed by atoms with E-state index in [1.54, 1.807) is 30.3 Å². The predicted molar refractivity (Wildman–Crippen MR) is 107 cm³/mol. The van der Waals surface area contributed by atoms with Gasteiger partial charge in [0.25, 0.3) is 5.69 Å². The first-order valence-electron chi connectivity index (χ1n) is 8.68. The molecule has 8 heteroatoms. The van der Waals surface area contributed by atoms with Crippen LogP contribution in [0.15, 0.2) is 74.6 Å². The number of carbonyl (C=O) groups excluding carboxylic acids is 1. The van der Waals surface area contributed by atoms with Crippen LogP contribution in [-0.4, -0.2) is 17.0 Å². The average Bonchev–Trinajstić information content (AvgIpc) is 3.35. The second-order valence-electron chi connectivity index (χ2n) is 6.31. The smallest absolute Gasteiger partial charge is 0.307 e. The molecule has 0 saturated carbocycles. The van der Waals surface area contributed by atoms with Gasteiger partial charge in [0.05, 0.1) is 11.1 Å². The topological polar surface area (TPSA) is 111 Å². The molecular weight excluding hydrogens is 374 g/mol. The first kappa shape index (κ1) is 18.2. The van der Waals surface area contributed by atoms with E-state index in [9.17, 15) is 14.9 Å². The van der Waals surface area contributed by atoms with Gasteiger partial charge >= 0.3 is 5.91 Å². The molecule has 4 rings (SSSR count). The number of fused-ring (bicyclic) bond motifs is 1. The molecule has 0 aliphatic carbocycles. The number of benzene rings is 2. The second kappa shape index (κ2) is 7.43. The van der Waals surface area contributed by atoms with Gasteiger partial charge in [0.1, 0.15) is 17.1 Å². The van der Waals surface area contributed by atoms with E-state index in [1.165, 1.54) is 18.3 Å². The lowest BCUT2D eigenvalue weighted by Crippen LogP contribution is -2.16. The number of nitrogens with one attached hydrogen (secondary N) is 1. The Morgan fingerprint density at radius 1 is 1.10 bits per heavy atom. The number of hydrazone groups is 1. The molecule has 0 unspecified atom stereocenters. The number of para-hydroxylation sites is 1. The molecule has 1 N–H and O–H groups in total. The molecular formula is C21H15N3O5. The summed E-state index contributed by atoms with van der Waals surface area (Å²) in [5.41, 5.74) is 4.43. The van der Waals surface area contributed by atoms with Gasteiger partial charge < -0.3 is 8.83 Å². The maximum Gasteiger partial charge on any atom is 0.307 e. The summed E-state index contributed by atoms with van der Waals surface area (Å²) in [6, 6.07) is 16.8. The fraction of sp³-hybridized carbons (Fsp3) is 0.0476. The Morgan fingerprint density at radius 3 is 2.72 bits per heavy atom. The van der Waals surface area contributed by atoms with E-state index in [-0.39, 0.29) is 11.4 Å². The van der Waals surface area contributed by atoms with Crippen LogP contribution in [0.5, 0.6) is 0 Å². The van der Waals surface area contributed by atoms with E-state index >= 15 is 0 Å². The zero-order valence-electron chi connectivity index (χ0n) is 15.3. The Labute approximate surface area is 164 Å². The van der Waals surface area contributed by atoms with Gasteiger partial charge in [0, 0.05) is 23.1 Å². The Kier molecular flexibility index (Phi) is 4.66. The van der Waals surface area contributed by atoms with Crippen LogP contribution in [0.3, 0.4) is 0 Å². The maximum atomic E-state index is 12.2. The largest absolute Gasteiger partial charge is 0.455 e. The summed E-state index contributed by atoms with van der Waals surface area (Å²) in [6.45, 7) is 1.84. The molecule has 2 aromatic heterocycles. The normalized spacial score (nSPS) is 11.2. The highest BCUT2D eigenvalue weighted by Crippen LogP contribution is 2.28. The second-order valence-corrected chi connectivity index (χ2v) is 6.31. The van der Waals surface area contributed by atoms with E-state index in [1.807, 2.05) is 25.1 Å². The maximum absolute atomic E-state index is 12.2. The average molecular weight is 389 g/mol. The van der Waals surface area contributed by atoms with E-state index in [4.69, 9.17) is 8.83 Å². The van der Waals surface area contributed by atoms with Crippen LogP contribution in [0.4, 0.5) is 5.69 Å². The molecule has 0 spiro atoms. The number of nitrogens with zero attached hydrogens (tertiary/aromatic N) is 2. The lowest BCUT2D eigenvalue weighted by atomic mass is 10.1. The van der Waals surface area contributed by atoms with Crippen LogP contribution in [0.2, 0.25) is 0 Å². The third kappa shape index (κ3) is 3.77. The fourth-order valence-electron chi connectivity index (χ4n) is 2.86. The number of hydrogen-bond donors (Lipinski definition) is 1. The Bertz CT molecular complexity index is 1220. The molecule has 8 nitrogen and oxygen atoms in total. The number of furan rings is 2. The van der Waals surface area contributed by atoms with Crippen molar-refractivity contribution in [3.63, 3.8) is 0 Å². The summed E-state index contributed by atoms with van der Waals surface area (Å²) in [4.78, 5) is 22.7. The number of aryl methyl sites for hydroxylation is 1. The van der Waals surface area contributed by atoms with Gasteiger partial charge in [-0.15, -0.1) is 0 Å². The number of rotatable bonds is 5. The third-order valence-corrected chi connectivity index (χ3v) is 4.33. The molecule has 4 aromatic rings. The summed E-state index contributed by atoms with van der Waals surface area (Å²) in [5.74, 6) is 0.515. The first-order chi connectivity index (χ1) is 14.0. The van der Waals surface area contributed by atoms with Crippen molar-refractivity contribution in [2.75, 3.05) is 0 Å². The minimum absolute atomic E-state index is 0.0182.